The quantitative estimate of drug-likeness (QED) is 0.709. The molecule has 0 saturated heterocycles. The lowest BCUT2D eigenvalue weighted by molar-refractivity contribution is -0.150. The number of carbonyl (C=O) groups excluding carboxylic acids is 3. The Labute approximate surface area is 162 Å². The molecule has 0 atom stereocenters. The molecule has 0 unspecified atom stereocenters. The lowest BCUT2D eigenvalue weighted by atomic mass is 10.1. The van der Waals surface area contributed by atoms with Gasteiger partial charge in [-0.15, -0.1) is 0 Å². The summed E-state index contributed by atoms with van der Waals surface area (Å²) in [6.45, 7) is 2.86. The van der Waals surface area contributed by atoms with E-state index in [1.165, 1.54) is 7.11 Å². The van der Waals surface area contributed by atoms with E-state index in [-0.39, 0.29) is 0 Å². The summed E-state index contributed by atoms with van der Waals surface area (Å²) in [6.07, 6.45) is 0. The molecule has 28 heavy (non-hydrogen) atoms. The number of methoxy groups -OCH3 is 1. The van der Waals surface area contributed by atoms with Crippen LogP contribution in [-0.4, -0.2) is 38.2 Å². The molecule has 8 heteroatoms. The van der Waals surface area contributed by atoms with E-state index in [2.05, 4.69) is 10.6 Å². The average Bonchev–Trinajstić information content (AvgIpc) is 2.67. The summed E-state index contributed by atoms with van der Waals surface area (Å²) in [4.78, 5) is 35.3. The Kier molecular flexibility index (Phi) is 7.38. The van der Waals surface area contributed by atoms with Gasteiger partial charge >= 0.3 is 12.0 Å². The van der Waals surface area contributed by atoms with Crippen LogP contribution in [-0.2, 0) is 14.3 Å². The summed E-state index contributed by atoms with van der Waals surface area (Å²) in [5.41, 5.74) is 2.65. The van der Waals surface area contributed by atoms with Crippen LogP contribution in [0.25, 0.3) is 0 Å². The Morgan fingerprint density at radius 3 is 2.32 bits per heavy atom. The Morgan fingerprint density at radius 1 is 0.929 bits per heavy atom. The first-order valence-corrected chi connectivity index (χ1v) is 8.48. The van der Waals surface area contributed by atoms with Crippen molar-refractivity contribution in [1.29, 1.82) is 0 Å². The highest BCUT2D eigenvalue weighted by atomic mass is 16.6. The number of amides is 3. The Hall–Kier alpha value is -3.55. The summed E-state index contributed by atoms with van der Waals surface area (Å²) in [5.74, 6) is -0.669. The molecule has 8 nitrogen and oxygen atoms in total. The van der Waals surface area contributed by atoms with Crippen molar-refractivity contribution in [2.45, 2.75) is 13.8 Å². The summed E-state index contributed by atoms with van der Waals surface area (Å²) in [5, 5.41) is 4.62. The van der Waals surface area contributed by atoms with Gasteiger partial charge in [0.2, 0.25) is 0 Å². The molecular formula is C20H22N2O6. The van der Waals surface area contributed by atoms with Gasteiger partial charge in [-0.25, -0.2) is 9.59 Å². The fraction of sp³-hybridized carbons (Fsp3) is 0.250. The zero-order chi connectivity index (χ0) is 20.5. The van der Waals surface area contributed by atoms with E-state index in [0.29, 0.717) is 17.2 Å². The molecule has 0 fully saturated rings. The van der Waals surface area contributed by atoms with E-state index in [1.807, 2.05) is 19.9 Å². The smallest absolute Gasteiger partial charge is 0.344 e. The zero-order valence-electron chi connectivity index (χ0n) is 15.9. The van der Waals surface area contributed by atoms with Crippen LogP contribution in [0.1, 0.15) is 11.1 Å². The van der Waals surface area contributed by atoms with Gasteiger partial charge in [-0.05, 0) is 49.2 Å². The second-order valence-corrected chi connectivity index (χ2v) is 5.90. The van der Waals surface area contributed by atoms with Gasteiger partial charge < -0.3 is 19.5 Å². The maximum absolute atomic E-state index is 11.8. The third kappa shape index (κ3) is 6.31. The van der Waals surface area contributed by atoms with E-state index < -0.39 is 31.1 Å². The highest BCUT2D eigenvalue weighted by Gasteiger charge is 2.13. The largest absolute Gasteiger partial charge is 0.493 e. The maximum Gasteiger partial charge on any atom is 0.344 e. The van der Waals surface area contributed by atoms with Gasteiger partial charge in [0.1, 0.15) is 0 Å². The van der Waals surface area contributed by atoms with Crippen LogP contribution in [0.2, 0.25) is 0 Å². The summed E-state index contributed by atoms with van der Waals surface area (Å²) >= 11 is 0. The molecule has 2 N–H and O–H groups in total. The average molecular weight is 386 g/mol. The van der Waals surface area contributed by atoms with Crippen molar-refractivity contribution in [2.75, 3.05) is 25.6 Å². The van der Waals surface area contributed by atoms with Crippen LogP contribution in [0, 0.1) is 13.8 Å². The van der Waals surface area contributed by atoms with Crippen molar-refractivity contribution in [1.82, 2.24) is 5.32 Å². The van der Waals surface area contributed by atoms with Crippen molar-refractivity contribution < 1.29 is 28.6 Å². The van der Waals surface area contributed by atoms with E-state index in [0.717, 1.165) is 11.1 Å². The molecule has 0 aliphatic heterocycles. The zero-order valence-corrected chi connectivity index (χ0v) is 15.9. The van der Waals surface area contributed by atoms with Crippen LogP contribution >= 0.6 is 0 Å². The van der Waals surface area contributed by atoms with Crippen LogP contribution in [0.3, 0.4) is 0 Å². The number of rotatable bonds is 7. The highest BCUT2D eigenvalue weighted by molar-refractivity contribution is 6.01. The van der Waals surface area contributed by atoms with Crippen LogP contribution in [0.4, 0.5) is 10.5 Å². The first-order chi connectivity index (χ1) is 13.4. The van der Waals surface area contributed by atoms with E-state index in [1.54, 1.807) is 36.4 Å². The van der Waals surface area contributed by atoms with Gasteiger partial charge in [0.05, 0.1) is 7.11 Å². The summed E-state index contributed by atoms with van der Waals surface area (Å²) < 4.78 is 15.2. The van der Waals surface area contributed by atoms with Crippen molar-refractivity contribution >= 4 is 23.6 Å². The number of nitrogens with one attached hydrogen (secondary N) is 2. The van der Waals surface area contributed by atoms with Gasteiger partial charge in [-0.1, -0.05) is 18.2 Å². The van der Waals surface area contributed by atoms with E-state index in [4.69, 9.17) is 14.2 Å². The number of para-hydroxylation sites is 2. The molecule has 2 aromatic rings. The first-order valence-electron chi connectivity index (χ1n) is 8.48. The van der Waals surface area contributed by atoms with Gasteiger partial charge in [-0.2, -0.15) is 0 Å². The number of urea groups is 1. The number of imide groups is 1. The number of esters is 1. The summed E-state index contributed by atoms with van der Waals surface area (Å²) in [6, 6.07) is 11.5. The Morgan fingerprint density at radius 2 is 1.64 bits per heavy atom. The molecule has 0 bridgehead atoms. The maximum atomic E-state index is 11.8. The standard InChI is InChI=1S/C20H22N2O6/c1-13-8-9-15(10-14(13)2)21-20(25)22-18(23)11-28-19(24)12-27-17-7-5-4-6-16(17)26-3/h4-10H,11-12H2,1-3H3,(H2,21,22,23,25). The van der Waals surface area contributed by atoms with Crippen molar-refractivity contribution in [3.8, 4) is 11.5 Å². The summed E-state index contributed by atoms with van der Waals surface area (Å²) in [7, 11) is 1.48. The van der Waals surface area contributed by atoms with Crippen LogP contribution in [0.5, 0.6) is 11.5 Å². The fourth-order valence-corrected chi connectivity index (χ4v) is 2.21. The fourth-order valence-electron chi connectivity index (χ4n) is 2.21. The second-order valence-electron chi connectivity index (χ2n) is 5.90. The molecule has 2 rings (SSSR count). The number of hydrogen-bond donors (Lipinski definition) is 2. The van der Waals surface area contributed by atoms with Crippen molar-refractivity contribution in [3.63, 3.8) is 0 Å². The minimum atomic E-state index is -0.757. The van der Waals surface area contributed by atoms with Gasteiger partial charge in [0.25, 0.3) is 5.91 Å². The van der Waals surface area contributed by atoms with Crippen molar-refractivity contribution in [3.05, 3.63) is 53.6 Å². The molecule has 0 radical (unpaired) electrons. The number of ether oxygens (including phenoxy) is 3. The monoisotopic (exact) mass is 386 g/mol. The molecule has 0 aliphatic rings. The predicted octanol–water partition coefficient (Wildman–Crippen LogP) is 2.58. The molecule has 0 aromatic heterocycles. The number of benzene rings is 2. The normalized spacial score (nSPS) is 9.96. The molecular weight excluding hydrogens is 364 g/mol. The Bertz CT molecular complexity index is 866. The predicted molar refractivity (Wildman–Crippen MR) is 103 cm³/mol. The number of carbonyl (C=O) groups is 3. The number of anilines is 1. The van der Waals surface area contributed by atoms with Crippen molar-refractivity contribution in [2.24, 2.45) is 0 Å². The molecule has 148 valence electrons. The van der Waals surface area contributed by atoms with Gasteiger partial charge in [0.15, 0.2) is 24.7 Å². The van der Waals surface area contributed by atoms with Crippen LogP contribution in [0.15, 0.2) is 42.5 Å². The minimum Gasteiger partial charge on any atom is -0.493 e. The van der Waals surface area contributed by atoms with Gasteiger partial charge in [-0.3, -0.25) is 10.1 Å². The molecule has 0 aliphatic carbocycles. The topological polar surface area (TPSA) is 103 Å². The molecule has 0 spiro atoms. The minimum absolute atomic E-state index is 0.374. The highest BCUT2D eigenvalue weighted by Crippen LogP contribution is 2.25. The third-order valence-corrected chi connectivity index (χ3v) is 3.80. The molecule has 0 heterocycles. The Balaban J connectivity index is 1.73. The second kappa shape index (κ2) is 9.96. The van der Waals surface area contributed by atoms with Crippen LogP contribution < -0.4 is 20.1 Å². The van der Waals surface area contributed by atoms with Gasteiger partial charge in [0, 0.05) is 5.69 Å². The third-order valence-electron chi connectivity index (χ3n) is 3.80. The number of aryl methyl sites for hydroxylation is 2. The SMILES string of the molecule is COc1ccccc1OCC(=O)OCC(=O)NC(=O)Nc1ccc(C)c(C)c1. The first kappa shape index (κ1) is 20.8. The number of hydrogen-bond acceptors (Lipinski definition) is 6. The molecule has 2 aromatic carbocycles. The lowest BCUT2D eigenvalue weighted by Crippen LogP contribution is -2.37. The lowest BCUT2D eigenvalue weighted by Gasteiger charge is -2.10. The molecule has 0 saturated carbocycles. The van der Waals surface area contributed by atoms with E-state index >= 15 is 0 Å². The van der Waals surface area contributed by atoms with E-state index in [9.17, 15) is 14.4 Å². The molecule has 3 amide bonds.